The summed E-state index contributed by atoms with van der Waals surface area (Å²) in [6.45, 7) is 1.08. The van der Waals surface area contributed by atoms with Gasteiger partial charge in [0.1, 0.15) is 6.07 Å². The van der Waals surface area contributed by atoms with Crippen LogP contribution in [-0.4, -0.2) is 25.5 Å². The van der Waals surface area contributed by atoms with Gasteiger partial charge in [-0.1, -0.05) is 0 Å². The number of benzene rings is 1. The number of hydrogen-bond donors (Lipinski definition) is 1. The standard InChI is InChI=1S/C13H12F3N3O/c14-13(15,16)10-2-3-11(9(6-10)7-17)19-5-1-4-18-12(20)8-19/h2-3,6H,1,4-5,8H2,(H,18,20). The fraction of sp³-hybridized carbons (Fsp3) is 0.385. The maximum atomic E-state index is 12.6. The Bertz CT molecular complexity index is 563. The molecule has 1 aliphatic heterocycles. The maximum Gasteiger partial charge on any atom is 0.416 e. The number of rotatable bonds is 1. The molecule has 1 aromatic rings. The first kappa shape index (κ1) is 14.2. The Hall–Kier alpha value is -2.23. The van der Waals surface area contributed by atoms with Gasteiger partial charge >= 0.3 is 6.18 Å². The molecule has 0 atom stereocenters. The van der Waals surface area contributed by atoms with Gasteiger partial charge in [0.05, 0.1) is 23.4 Å². The average Bonchev–Trinajstić information content (AvgIpc) is 2.61. The molecule has 0 aromatic heterocycles. The number of nitriles is 1. The van der Waals surface area contributed by atoms with Crippen LogP contribution in [0.3, 0.4) is 0 Å². The van der Waals surface area contributed by atoms with E-state index in [9.17, 15) is 18.0 Å². The van der Waals surface area contributed by atoms with E-state index >= 15 is 0 Å². The molecule has 0 spiro atoms. The van der Waals surface area contributed by atoms with E-state index in [4.69, 9.17) is 5.26 Å². The lowest BCUT2D eigenvalue weighted by Crippen LogP contribution is -2.33. The maximum absolute atomic E-state index is 12.6. The van der Waals surface area contributed by atoms with Crippen molar-refractivity contribution in [3.63, 3.8) is 0 Å². The summed E-state index contributed by atoms with van der Waals surface area (Å²) < 4.78 is 37.9. The third-order valence-corrected chi connectivity index (χ3v) is 3.05. The van der Waals surface area contributed by atoms with Gasteiger partial charge in [0.15, 0.2) is 0 Å². The summed E-state index contributed by atoms with van der Waals surface area (Å²) in [6, 6.07) is 4.76. The molecule has 1 N–H and O–H groups in total. The minimum Gasteiger partial charge on any atom is -0.361 e. The molecule has 7 heteroatoms. The van der Waals surface area contributed by atoms with Crippen LogP contribution in [0.2, 0.25) is 0 Å². The van der Waals surface area contributed by atoms with Gasteiger partial charge in [0, 0.05) is 13.1 Å². The quantitative estimate of drug-likeness (QED) is 0.856. The minimum atomic E-state index is -4.49. The van der Waals surface area contributed by atoms with E-state index in [0.717, 1.165) is 12.1 Å². The van der Waals surface area contributed by atoms with E-state index in [1.165, 1.54) is 6.07 Å². The van der Waals surface area contributed by atoms with Crippen LogP contribution >= 0.6 is 0 Å². The lowest BCUT2D eigenvalue weighted by molar-refractivity contribution is -0.137. The normalized spacial score (nSPS) is 16.3. The van der Waals surface area contributed by atoms with Crippen LogP contribution in [0.1, 0.15) is 17.5 Å². The number of amides is 1. The second-order valence-corrected chi connectivity index (χ2v) is 4.47. The number of anilines is 1. The molecule has 20 heavy (non-hydrogen) atoms. The van der Waals surface area contributed by atoms with E-state index in [2.05, 4.69) is 5.32 Å². The lowest BCUT2D eigenvalue weighted by atomic mass is 10.1. The summed E-state index contributed by atoms with van der Waals surface area (Å²) in [7, 11) is 0. The topological polar surface area (TPSA) is 56.1 Å². The monoisotopic (exact) mass is 283 g/mol. The Morgan fingerprint density at radius 2 is 2.10 bits per heavy atom. The lowest BCUT2D eigenvalue weighted by Gasteiger charge is -2.23. The van der Waals surface area contributed by atoms with Crippen molar-refractivity contribution in [2.45, 2.75) is 12.6 Å². The van der Waals surface area contributed by atoms with Gasteiger partial charge in [-0.25, -0.2) is 0 Å². The molecule has 2 rings (SSSR count). The molecule has 1 amide bonds. The minimum absolute atomic E-state index is 0.0417. The highest BCUT2D eigenvalue weighted by molar-refractivity contribution is 5.82. The van der Waals surface area contributed by atoms with Gasteiger partial charge < -0.3 is 10.2 Å². The van der Waals surface area contributed by atoms with E-state index in [-0.39, 0.29) is 18.0 Å². The summed E-state index contributed by atoms with van der Waals surface area (Å²) in [6.07, 6.45) is -3.81. The number of alkyl halides is 3. The SMILES string of the molecule is N#Cc1cc(C(F)(F)F)ccc1N1CCCNC(=O)C1. The molecule has 0 aliphatic carbocycles. The summed E-state index contributed by atoms with van der Waals surface area (Å²) in [4.78, 5) is 13.1. The van der Waals surface area contributed by atoms with Crippen LogP contribution in [0, 0.1) is 11.3 Å². The van der Waals surface area contributed by atoms with Crippen molar-refractivity contribution in [1.29, 1.82) is 5.26 Å². The summed E-state index contributed by atoms with van der Waals surface area (Å²) in [5.41, 5.74) is -0.579. The molecule has 1 heterocycles. The molecule has 0 unspecified atom stereocenters. The van der Waals surface area contributed by atoms with Crippen molar-refractivity contribution in [3.05, 3.63) is 29.3 Å². The molecule has 1 saturated heterocycles. The zero-order valence-corrected chi connectivity index (χ0v) is 10.5. The van der Waals surface area contributed by atoms with Gasteiger partial charge in [-0.15, -0.1) is 0 Å². The molecule has 4 nitrogen and oxygen atoms in total. The predicted molar refractivity (Wildman–Crippen MR) is 66.0 cm³/mol. The van der Waals surface area contributed by atoms with Gasteiger partial charge in [-0.3, -0.25) is 4.79 Å². The second kappa shape index (κ2) is 5.41. The Morgan fingerprint density at radius 3 is 2.75 bits per heavy atom. The van der Waals surface area contributed by atoms with E-state index in [1.807, 2.05) is 0 Å². The highest BCUT2D eigenvalue weighted by Crippen LogP contribution is 2.32. The third-order valence-electron chi connectivity index (χ3n) is 3.05. The highest BCUT2D eigenvalue weighted by atomic mass is 19.4. The van der Waals surface area contributed by atoms with Gasteiger partial charge in [0.2, 0.25) is 5.91 Å². The highest BCUT2D eigenvalue weighted by Gasteiger charge is 2.31. The van der Waals surface area contributed by atoms with Crippen molar-refractivity contribution in [2.24, 2.45) is 0 Å². The Labute approximate surface area is 113 Å². The van der Waals surface area contributed by atoms with E-state index in [0.29, 0.717) is 25.2 Å². The molecule has 0 bridgehead atoms. The number of nitrogens with zero attached hydrogens (tertiary/aromatic N) is 2. The molecule has 106 valence electrons. The number of hydrogen-bond acceptors (Lipinski definition) is 3. The number of carbonyl (C=O) groups excluding carboxylic acids is 1. The van der Waals surface area contributed by atoms with Crippen molar-refractivity contribution in [3.8, 4) is 6.07 Å². The first-order chi connectivity index (χ1) is 9.41. The van der Waals surface area contributed by atoms with Crippen LogP contribution in [-0.2, 0) is 11.0 Å². The van der Waals surface area contributed by atoms with Crippen molar-refractivity contribution >= 4 is 11.6 Å². The zero-order chi connectivity index (χ0) is 14.8. The van der Waals surface area contributed by atoms with E-state index in [1.54, 1.807) is 11.0 Å². The van der Waals surface area contributed by atoms with Crippen LogP contribution in [0.15, 0.2) is 18.2 Å². The van der Waals surface area contributed by atoms with Crippen LogP contribution in [0.25, 0.3) is 0 Å². The number of halogens is 3. The van der Waals surface area contributed by atoms with Gasteiger partial charge in [-0.05, 0) is 24.6 Å². The third kappa shape index (κ3) is 3.02. The zero-order valence-electron chi connectivity index (χ0n) is 10.5. The van der Waals surface area contributed by atoms with Gasteiger partial charge in [-0.2, -0.15) is 18.4 Å². The van der Waals surface area contributed by atoms with Crippen molar-refractivity contribution in [1.82, 2.24) is 5.32 Å². The molecule has 1 aliphatic rings. The fourth-order valence-corrected chi connectivity index (χ4v) is 2.09. The molecule has 0 radical (unpaired) electrons. The van der Waals surface area contributed by atoms with Crippen LogP contribution in [0.5, 0.6) is 0 Å². The Kier molecular flexibility index (Phi) is 3.84. The average molecular weight is 283 g/mol. The molecule has 0 saturated carbocycles. The van der Waals surface area contributed by atoms with Gasteiger partial charge in [0.25, 0.3) is 0 Å². The van der Waals surface area contributed by atoms with Crippen LogP contribution in [0.4, 0.5) is 18.9 Å². The number of nitrogens with one attached hydrogen (secondary N) is 1. The largest absolute Gasteiger partial charge is 0.416 e. The summed E-state index contributed by atoms with van der Waals surface area (Å²) >= 11 is 0. The molecule has 1 aromatic carbocycles. The smallest absolute Gasteiger partial charge is 0.361 e. The summed E-state index contributed by atoms with van der Waals surface area (Å²) in [5, 5.41) is 11.7. The Balaban J connectivity index is 2.37. The van der Waals surface area contributed by atoms with Crippen LogP contribution < -0.4 is 10.2 Å². The van der Waals surface area contributed by atoms with Crippen molar-refractivity contribution < 1.29 is 18.0 Å². The predicted octanol–water partition coefficient (Wildman–Crippen LogP) is 1.90. The van der Waals surface area contributed by atoms with E-state index < -0.39 is 11.7 Å². The second-order valence-electron chi connectivity index (χ2n) is 4.47. The Morgan fingerprint density at radius 1 is 1.35 bits per heavy atom. The summed E-state index contributed by atoms with van der Waals surface area (Å²) in [5.74, 6) is -0.203. The first-order valence-corrected chi connectivity index (χ1v) is 6.05. The number of carbonyl (C=O) groups is 1. The molecular weight excluding hydrogens is 271 g/mol. The molecule has 1 fully saturated rings. The first-order valence-electron chi connectivity index (χ1n) is 6.05. The fourth-order valence-electron chi connectivity index (χ4n) is 2.09. The molecular formula is C13H12F3N3O. The van der Waals surface area contributed by atoms with Crippen molar-refractivity contribution in [2.75, 3.05) is 24.5 Å².